The number of amides is 2. The van der Waals surface area contributed by atoms with E-state index < -0.39 is 94.2 Å². The van der Waals surface area contributed by atoms with Crippen molar-refractivity contribution in [2.75, 3.05) is 60.5 Å². The lowest BCUT2D eigenvalue weighted by atomic mass is 9.95. The van der Waals surface area contributed by atoms with Gasteiger partial charge >= 0.3 is 14.0 Å². The number of unbranched alkanes of at least 4 members (excludes halogenated alkanes) is 30. The third-order valence-electron chi connectivity index (χ3n) is 18.2. The SMILES string of the molecule is C=CCOC(=O)O[C@H]1[C@H](OCCCCCCCCCC)[C@H](NC(=O)CC(=O)CCCCCCCCCCC)[C@H](O/C=C\C)O[C@@H]1CO[C@@H]1O[C@H](COC)[C@@H](OP(=O)(OCC=C)OCC=C)[C@H](OCC[C@@H](CCCCCCC)OC)[C@@H]1NC(=O)CCCCCCCCC/C=C\CCCCCC. The Hall–Kier alpha value is -3.79. The second kappa shape index (κ2) is 62.6. The number of carbonyl (C=O) groups is 4. The number of phosphoric ester groups is 1. The maximum atomic E-state index is 14.8. The molecule has 100 heavy (non-hydrogen) atoms. The Labute approximate surface area is 606 Å². The molecule has 11 atom stereocenters. The second-order valence-corrected chi connectivity index (χ2v) is 28.5. The summed E-state index contributed by atoms with van der Waals surface area (Å²) in [5.74, 6) is -1.10. The maximum absolute atomic E-state index is 14.8. The summed E-state index contributed by atoms with van der Waals surface area (Å²) in [5.41, 5.74) is 0. The molecule has 0 aromatic rings. The molecule has 2 rings (SSSR count). The topological polar surface area (TPSA) is 229 Å². The molecule has 2 aliphatic rings. The van der Waals surface area contributed by atoms with Crippen molar-refractivity contribution in [2.45, 2.75) is 359 Å². The molecule has 0 bridgehead atoms. The van der Waals surface area contributed by atoms with Gasteiger partial charge in [0.25, 0.3) is 0 Å². The van der Waals surface area contributed by atoms with E-state index in [4.69, 9.17) is 60.9 Å². The standard InChI is InChI=1S/C79H141N2O18P/c1-11-19-23-27-30-33-34-35-36-37-38-40-42-46-50-54-69(83)80-72-76(90-61-55-66(88-10)53-49-44-26-22-14-4)74(99-100(86,94-58-17-7)95-59-18-8)67(63-87-9)96-78(72)93-64-68-73(98-79(85)92-57-16-6)75(89-60-51-47-43-32-29-25-21-13-3)71(77(97-68)91-56-15-5)81-70(84)62-65(82)52-48-45-41-39-31-28-24-20-12-2/h15-18,33-34,56,66-68,71-78H,6-8,11-14,19-32,35-55,57-64H2,1-5,9-10H3,(H,80,83)(H,81,84)/b34-33-,56-15-/t66-,67-,68-,71+,72+,73-,74-,75-,76-,77-,78-/m1/s1. The number of carbonyl (C=O) groups excluding carboxylic acids is 4. The number of hydrogen-bond donors (Lipinski definition) is 2. The molecule has 2 N–H and O–H groups in total. The molecule has 21 heteroatoms. The van der Waals surface area contributed by atoms with E-state index in [0.717, 1.165) is 141 Å². The van der Waals surface area contributed by atoms with Gasteiger partial charge in [-0.2, -0.15) is 0 Å². The summed E-state index contributed by atoms with van der Waals surface area (Å²) in [6, 6.07) is -2.33. The van der Waals surface area contributed by atoms with Gasteiger partial charge in [-0.15, -0.1) is 13.2 Å². The highest BCUT2D eigenvalue weighted by Gasteiger charge is 2.54. The van der Waals surface area contributed by atoms with Crippen molar-refractivity contribution in [3.05, 3.63) is 62.5 Å². The first kappa shape index (κ1) is 92.3. The predicted molar refractivity (Wildman–Crippen MR) is 398 cm³/mol. The zero-order valence-electron chi connectivity index (χ0n) is 63.5. The lowest BCUT2D eigenvalue weighted by Crippen LogP contribution is -2.68. The molecule has 580 valence electrons. The summed E-state index contributed by atoms with van der Waals surface area (Å²) < 4.78 is 96.9. The summed E-state index contributed by atoms with van der Waals surface area (Å²) in [4.78, 5) is 56.2. The molecule has 0 aromatic carbocycles. The van der Waals surface area contributed by atoms with Crippen molar-refractivity contribution < 1.29 is 84.7 Å². The third-order valence-corrected chi connectivity index (χ3v) is 19.6. The molecular formula is C79H141N2O18P. The van der Waals surface area contributed by atoms with Crippen LogP contribution in [0.1, 0.15) is 291 Å². The molecule has 0 aromatic heterocycles. The van der Waals surface area contributed by atoms with E-state index in [-0.39, 0.29) is 70.3 Å². The van der Waals surface area contributed by atoms with Gasteiger partial charge in [0.2, 0.25) is 18.1 Å². The highest BCUT2D eigenvalue weighted by atomic mass is 31.2. The van der Waals surface area contributed by atoms with Crippen LogP contribution in [0.4, 0.5) is 4.79 Å². The number of hydrogen-bond acceptors (Lipinski definition) is 18. The largest absolute Gasteiger partial charge is 0.509 e. The Bertz CT molecular complexity index is 2170. The van der Waals surface area contributed by atoms with Crippen molar-refractivity contribution in [3.8, 4) is 0 Å². The van der Waals surface area contributed by atoms with Gasteiger partial charge in [-0.3, -0.25) is 28.0 Å². The summed E-state index contributed by atoms with van der Waals surface area (Å²) in [5, 5.41) is 6.22. The van der Waals surface area contributed by atoms with Crippen LogP contribution in [0, 0.1) is 0 Å². The lowest BCUT2D eigenvalue weighted by molar-refractivity contribution is -0.303. The molecule has 2 fully saturated rings. The van der Waals surface area contributed by atoms with Gasteiger partial charge in [-0.05, 0) is 64.7 Å². The van der Waals surface area contributed by atoms with Crippen LogP contribution >= 0.6 is 7.82 Å². The minimum absolute atomic E-state index is 0.103. The monoisotopic (exact) mass is 1440 g/mol. The third kappa shape index (κ3) is 43.5. The summed E-state index contributed by atoms with van der Waals surface area (Å²) in [7, 11) is -1.33. The quantitative estimate of drug-likeness (QED) is 0.0144. The predicted octanol–water partition coefficient (Wildman–Crippen LogP) is 18.8. The van der Waals surface area contributed by atoms with E-state index in [1.165, 1.54) is 102 Å². The number of Topliss-reactive ketones (excluding diaryl/α,β-unsaturated/α-hetero) is 1. The van der Waals surface area contributed by atoms with Crippen LogP contribution in [-0.4, -0.2) is 152 Å². The number of phosphoric acid groups is 1. The highest BCUT2D eigenvalue weighted by molar-refractivity contribution is 7.48. The van der Waals surface area contributed by atoms with Gasteiger partial charge < -0.3 is 58.0 Å². The van der Waals surface area contributed by atoms with Gasteiger partial charge in [0.15, 0.2) is 12.4 Å². The van der Waals surface area contributed by atoms with E-state index in [0.29, 0.717) is 25.7 Å². The molecule has 0 spiro atoms. The smallest absolute Gasteiger partial charge is 0.471 e. The van der Waals surface area contributed by atoms with E-state index in [2.05, 4.69) is 70.2 Å². The van der Waals surface area contributed by atoms with Crippen molar-refractivity contribution in [1.82, 2.24) is 10.6 Å². The van der Waals surface area contributed by atoms with Crippen LogP contribution in [0.5, 0.6) is 0 Å². The normalized spacial score (nSPS) is 21.3. The van der Waals surface area contributed by atoms with E-state index in [1.54, 1.807) is 20.1 Å². The van der Waals surface area contributed by atoms with Gasteiger partial charge in [-0.1, -0.05) is 251 Å². The van der Waals surface area contributed by atoms with Crippen molar-refractivity contribution in [2.24, 2.45) is 0 Å². The van der Waals surface area contributed by atoms with Crippen molar-refractivity contribution in [3.63, 3.8) is 0 Å². The summed E-state index contributed by atoms with van der Waals surface area (Å²) >= 11 is 0. The Morgan fingerprint density at radius 1 is 0.500 bits per heavy atom. The van der Waals surface area contributed by atoms with Crippen LogP contribution < -0.4 is 10.6 Å². The lowest BCUT2D eigenvalue weighted by Gasteiger charge is -2.48. The number of methoxy groups -OCH3 is 2. The number of ether oxygens (including phenoxy) is 10. The van der Waals surface area contributed by atoms with Crippen LogP contribution in [0.25, 0.3) is 0 Å². The number of ketones is 1. The molecule has 2 saturated heterocycles. The fourth-order valence-corrected chi connectivity index (χ4v) is 13.8. The zero-order valence-corrected chi connectivity index (χ0v) is 64.4. The first-order valence-corrected chi connectivity index (χ1v) is 40.7. The summed E-state index contributed by atoms with van der Waals surface area (Å²) in [6.45, 7) is 21.0. The number of rotatable bonds is 68. The maximum Gasteiger partial charge on any atom is 0.509 e. The van der Waals surface area contributed by atoms with E-state index in [9.17, 15) is 23.7 Å². The van der Waals surface area contributed by atoms with E-state index in [1.807, 2.05) is 0 Å². The van der Waals surface area contributed by atoms with Crippen LogP contribution in [-0.2, 0) is 79.9 Å². The van der Waals surface area contributed by atoms with Gasteiger partial charge in [-0.25, -0.2) is 9.36 Å². The highest BCUT2D eigenvalue weighted by Crippen LogP contribution is 2.52. The minimum Gasteiger partial charge on any atom is -0.471 e. The first-order chi connectivity index (χ1) is 48.8. The number of allylic oxidation sites excluding steroid dienone is 3. The molecule has 2 amide bonds. The first-order valence-electron chi connectivity index (χ1n) is 39.3. The van der Waals surface area contributed by atoms with Crippen molar-refractivity contribution in [1.29, 1.82) is 0 Å². The van der Waals surface area contributed by atoms with Crippen LogP contribution in [0.3, 0.4) is 0 Å². The fraction of sp³-hybridized carbons (Fsp3) is 0.823. The molecule has 20 nitrogen and oxygen atoms in total. The molecule has 0 radical (unpaired) electrons. The van der Waals surface area contributed by atoms with E-state index >= 15 is 0 Å². The van der Waals surface area contributed by atoms with Crippen LogP contribution in [0.2, 0.25) is 0 Å². The Morgan fingerprint density at radius 2 is 0.970 bits per heavy atom. The molecule has 2 aliphatic heterocycles. The molecule has 0 unspecified atom stereocenters. The Morgan fingerprint density at radius 3 is 1.52 bits per heavy atom. The molecule has 0 saturated carbocycles. The average molecular weight is 1440 g/mol. The zero-order chi connectivity index (χ0) is 73.0. The summed E-state index contributed by atoms with van der Waals surface area (Å²) in [6.07, 6.45) is 39.6. The Balaban J connectivity index is 2.74. The molecule has 2 heterocycles. The number of nitrogens with one attached hydrogen (secondary N) is 2. The van der Waals surface area contributed by atoms with Gasteiger partial charge in [0, 0.05) is 40.3 Å². The van der Waals surface area contributed by atoms with Crippen molar-refractivity contribution >= 4 is 31.6 Å². The molecule has 0 aliphatic carbocycles. The average Bonchev–Trinajstić information content (AvgIpc) is 0.780. The fourth-order valence-electron chi connectivity index (χ4n) is 12.5. The second-order valence-electron chi connectivity index (χ2n) is 26.9. The van der Waals surface area contributed by atoms with Crippen LogP contribution in [0.15, 0.2) is 62.5 Å². The van der Waals surface area contributed by atoms with Gasteiger partial charge in [0.1, 0.15) is 55.0 Å². The minimum atomic E-state index is -4.49. The van der Waals surface area contributed by atoms with Gasteiger partial charge in [0.05, 0.1) is 45.2 Å². The molecular weight excluding hydrogens is 1300 g/mol. The Kier molecular flexibility index (Phi) is 57.8.